The largest absolute Gasteiger partial charge is 0.469 e. The Labute approximate surface area is 110 Å². The van der Waals surface area contributed by atoms with Crippen LogP contribution in [0.25, 0.3) is 0 Å². The molecule has 2 aromatic rings. The molecular weight excluding hydrogens is 244 g/mol. The third-order valence-corrected chi connectivity index (χ3v) is 2.47. The predicted octanol–water partition coefficient (Wildman–Crippen LogP) is 1.58. The Kier molecular flexibility index (Phi) is 4.34. The van der Waals surface area contributed by atoms with Crippen molar-refractivity contribution in [2.24, 2.45) is 0 Å². The van der Waals surface area contributed by atoms with Crippen molar-refractivity contribution in [2.45, 2.75) is 6.42 Å². The van der Waals surface area contributed by atoms with E-state index in [-0.39, 0.29) is 0 Å². The number of para-hydroxylation sites is 1. The Bertz CT molecular complexity index is 535. The van der Waals surface area contributed by atoms with E-state index in [9.17, 15) is 9.59 Å². The van der Waals surface area contributed by atoms with E-state index in [0.29, 0.717) is 18.7 Å². The number of carbonyl (C=O) groups excluding carboxylic acids is 2. The summed E-state index contributed by atoms with van der Waals surface area (Å²) in [4.78, 5) is 23.1. The molecule has 98 valence electrons. The van der Waals surface area contributed by atoms with Crippen LogP contribution in [-0.2, 0) is 16.0 Å². The molecule has 2 amide bonds. The van der Waals surface area contributed by atoms with Crippen molar-refractivity contribution in [1.29, 1.82) is 0 Å². The van der Waals surface area contributed by atoms with E-state index >= 15 is 0 Å². The highest BCUT2D eigenvalue weighted by Crippen LogP contribution is 2.04. The van der Waals surface area contributed by atoms with E-state index in [4.69, 9.17) is 4.42 Å². The molecule has 2 N–H and O–H groups in total. The maximum Gasteiger partial charge on any atom is 0.313 e. The minimum absolute atomic E-state index is 0.356. The molecule has 0 radical (unpaired) electrons. The fourth-order valence-electron chi connectivity index (χ4n) is 1.54. The highest BCUT2D eigenvalue weighted by molar-refractivity contribution is 6.39. The molecule has 0 atom stereocenters. The molecule has 0 saturated carbocycles. The maximum absolute atomic E-state index is 11.6. The van der Waals surface area contributed by atoms with E-state index in [1.165, 1.54) is 0 Å². The fourth-order valence-corrected chi connectivity index (χ4v) is 1.54. The van der Waals surface area contributed by atoms with Crippen LogP contribution in [-0.4, -0.2) is 18.4 Å². The summed E-state index contributed by atoms with van der Waals surface area (Å²) in [7, 11) is 0. The molecule has 0 unspecified atom stereocenters. The average Bonchev–Trinajstić information content (AvgIpc) is 2.93. The van der Waals surface area contributed by atoms with Crippen molar-refractivity contribution in [2.75, 3.05) is 11.9 Å². The molecular formula is C14H14N2O3. The van der Waals surface area contributed by atoms with Crippen molar-refractivity contribution < 1.29 is 14.0 Å². The predicted molar refractivity (Wildman–Crippen MR) is 70.5 cm³/mol. The second-order valence-electron chi connectivity index (χ2n) is 3.91. The van der Waals surface area contributed by atoms with E-state index in [1.54, 1.807) is 36.6 Å². The standard InChI is InChI=1S/C14H14N2O3/c17-13(15-9-8-12-7-4-10-19-12)14(18)16-11-5-2-1-3-6-11/h1-7,10H,8-9H2,(H,15,17)(H,16,18). The normalized spacial score (nSPS) is 9.89. The molecule has 0 spiro atoms. The van der Waals surface area contributed by atoms with Gasteiger partial charge in [0, 0.05) is 18.7 Å². The number of amides is 2. The van der Waals surface area contributed by atoms with E-state index in [0.717, 1.165) is 5.76 Å². The summed E-state index contributed by atoms with van der Waals surface area (Å²) >= 11 is 0. The molecule has 0 fully saturated rings. The molecule has 0 aliphatic carbocycles. The number of benzene rings is 1. The van der Waals surface area contributed by atoms with Crippen LogP contribution in [0.3, 0.4) is 0 Å². The topological polar surface area (TPSA) is 71.3 Å². The van der Waals surface area contributed by atoms with Gasteiger partial charge in [0.05, 0.1) is 6.26 Å². The number of rotatable bonds is 4. The van der Waals surface area contributed by atoms with Crippen LogP contribution in [0.2, 0.25) is 0 Å². The number of nitrogens with one attached hydrogen (secondary N) is 2. The summed E-state index contributed by atoms with van der Waals surface area (Å²) in [6, 6.07) is 12.4. The molecule has 0 saturated heterocycles. The Morgan fingerprint density at radius 3 is 2.47 bits per heavy atom. The zero-order chi connectivity index (χ0) is 13.5. The molecule has 5 nitrogen and oxygen atoms in total. The van der Waals surface area contributed by atoms with Gasteiger partial charge in [0.2, 0.25) is 0 Å². The van der Waals surface area contributed by atoms with Crippen molar-refractivity contribution >= 4 is 17.5 Å². The zero-order valence-electron chi connectivity index (χ0n) is 10.3. The van der Waals surface area contributed by atoms with Gasteiger partial charge in [-0.05, 0) is 24.3 Å². The monoisotopic (exact) mass is 258 g/mol. The second-order valence-corrected chi connectivity index (χ2v) is 3.91. The molecule has 19 heavy (non-hydrogen) atoms. The van der Waals surface area contributed by atoms with Crippen LogP contribution in [0.1, 0.15) is 5.76 Å². The van der Waals surface area contributed by atoms with Crippen molar-refractivity contribution in [3.8, 4) is 0 Å². The van der Waals surface area contributed by atoms with Crippen molar-refractivity contribution in [3.63, 3.8) is 0 Å². The molecule has 5 heteroatoms. The van der Waals surface area contributed by atoms with Crippen molar-refractivity contribution in [3.05, 3.63) is 54.5 Å². The Morgan fingerprint density at radius 2 is 1.79 bits per heavy atom. The van der Waals surface area contributed by atoms with Gasteiger partial charge in [-0.2, -0.15) is 0 Å². The minimum Gasteiger partial charge on any atom is -0.469 e. The Morgan fingerprint density at radius 1 is 1.00 bits per heavy atom. The van der Waals surface area contributed by atoms with Gasteiger partial charge in [-0.25, -0.2) is 0 Å². The maximum atomic E-state index is 11.6. The van der Waals surface area contributed by atoms with E-state index in [1.807, 2.05) is 12.1 Å². The highest BCUT2D eigenvalue weighted by Gasteiger charge is 2.12. The first kappa shape index (κ1) is 12.9. The summed E-state index contributed by atoms with van der Waals surface area (Å²) in [5.74, 6) is -0.565. The molecule has 0 aliphatic rings. The molecule has 0 bridgehead atoms. The van der Waals surface area contributed by atoms with E-state index in [2.05, 4.69) is 10.6 Å². The van der Waals surface area contributed by atoms with Crippen LogP contribution in [0.4, 0.5) is 5.69 Å². The van der Waals surface area contributed by atoms with E-state index < -0.39 is 11.8 Å². The summed E-state index contributed by atoms with van der Waals surface area (Å²) < 4.78 is 5.12. The lowest BCUT2D eigenvalue weighted by molar-refractivity contribution is -0.136. The lowest BCUT2D eigenvalue weighted by Gasteiger charge is -2.05. The summed E-state index contributed by atoms with van der Waals surface area (Å²) in [6.45, 7) is 0.356. The lowest BCUT2D eigenvalue weighted by atomic mass is 10.3. The first-order chi connectivity index (χ1) is 9.25. The SMILES string of the molecule is O=C(NCCc1ccco1)C(=O)Nc1ccccc1. The first-order valence-corrected chi connectivity index (χ1v) is 5.92. The van der Waals surface area contributed by atoms with Gasteiger partial charge in [0.1, 0.15) is 5.76 Å². The second kappa shape index (κ2) is 6.39. The fraction of sp³-hybridized carbons (Fsp3) is 0.143. The van der Waals surface area contributed by atoms with Gasteiger partial charge >= 0.3 is 11.8 Å². The summed E-state index contributed by atoms with van der Waals surface area (Å²) in [5.41, 5.74) is 0.591. The first-order valence-electron chi connectivity index (χ1n) is 5.92. The Hall–Kier alpha value is -2.56. The molecule has 1 heterocycles. The average molecular weight is 258 g/mol. The van der Waals surface area contributed by atoms with Crippen LogP contribution >= 0.6 is 0 Å². The van der Waals surface area contributed by atoms with Gasteiger partial charge in [0.15, 0.2) is 0 Å². The van der Waals surface area contributed by atoms with Gasteiger partial charge < -0.3 is 15.1 Å². The third-order valence-electron chi connectivity index (χ3n) is 2.47. The van der Waals surface area contributed by atoms with Crippen molar-refractivity contribution in [1.82, 2.24) is 5.32 Å². The number of hydrogen-bond donors (Lipinski definition) is 2. The third kappa shape index (κ3) is 3.99. The molecule has 2 rings (SSSR count). The van der Waals surface area contributed by atoms with Crippen LogP contribution in [0.5, 0.6) is 0 Å². The number of hydrogen-bond acceptors (Lipinski definition) is 3. The minimum atomic E-state index is -0.675. The number of furan rings is 1. The Balaban J connectivity index is 1.75. The van der Waals surface area contributed by atoms with Gasteiger partial charge in [-0.15, -0.1) is 0 Å². The van der Waals surface area contributed by atoms with Crippen LogP contribution < -0.4 is 10.6 Å². The van der Waals surface area contributed by atoms with Gasteiger partial charge in [0.25, 0.3) is 0 Å². The number of carbonyl (C=O) groups is 2. The molecule has 0 aliphatic heterocycles. The quantitative estimate of drug-likeness (QED) is 0.818. The van der Waals surface area contributed by atoms with Gasteiger partial charge in [-0.1, -0.05) is 18.2 Å². The molecule has 1 aromatic heterocycles. The lowest BCUT2D eigenvalue weighted by Crippen LogP contribution is -2.36. The molecule has 1 aromatic carbocycles. The highest BCUT2D eigenvalue weighted by atomic mass is 16.3. The zero-order valence-corrected chi connectivity index (χ0v) is 10.3. The number of anilines is 1. The summed E-state index contributed by atoms with van der Waals surface area (Å²) in [5, 5.41) is 5.04. The smallest absolute Gasteiger partial charge is 0.313 e. The van der Waals surface area contributed by atoms with Crippen LogP contribution in [0.15, 0.2) is 53.1 Å². The van der Waals surface area contributed by atoms with Gasteiger partial charge in [-0.3, -0.25) is 9.59 Å². The van der Waals surface area contributed by atoms with Crippen LogP contribution in [0, 0.1) is 0 Å². The summed E-state index contributed by atoms with van der Waals surface area (Å²) in [6.07, 6.45) is 2.12.